The van der Waals surface area contributed by atoms with Gasteiger partial charge in [-0.2, -0.15) is 0 Å². The predicted octanol–water partition coefficient (Wildman–Crippen LogP) is 3.87. The highest BCUT2D eigenvalue weighted by Gasteiger charge is 2.23. The van der Waals surface area contributed by atoms with Crippen molar-refractivity contribution in [3.8, 4) is 0 Å². The zero-order chi connectivity index (χ0) is 17.5. The summed E-state index contributed by atoms with van der Waals surface area (Å²) in [6.45, 7) is 4.16. The van der Waals surface area contributed by atoms with Gasteiger partial charge in [0.25, 0.3) is 5.69 Å². The lowest BCUT2D eigenvalue weighted by molar-refractivity contribution is -0.384. The molecular formula is C18H27N3O3. The van der Waals surface area contributed by atoms with Crippen molar-refractivity contribution in [2.24, 2.45) is 5.92 Å². The molecule has 0 bridgehead atoms. The van der Waals surface area contributed by atoms with Gasteiger partial charge in [0.15, 0.2) is 0 Å². The predicted molar refractivity (Wildman–Crippen MR) is 95.0 cm³/mol. The maximum Gasteiger partial charge on any atom is 0.269 e. The van der Waals surface area contributed by atoms with Crippen LogP contribution in [0.15, 0.2) is 24.3 Å². The van der Waals surface area contributed by atoms with E-state index >= 15 is 0 Å². The minimum absolute atomic E-state index is 0.0222. The number of nitrogens with zero attached hydrogens (tertiary/aromatic N) is 1. The zero-order valence-electron chi connectivity index (χ0n) is 14.5. The summed E-state index contributed by atoms with van der Waals surface area (Å²) in [6, 6.07) is 6.16. The molecule has 1 aromatic rings. The van der Waals surface area contributed by atoms with Gasteiger partial charge < -0.3 is 10.6 Å². The van der Waals surface area contributed by atoms with Crippen molar-refractivity contribution in [1.82, 2.24) is 5.32 Å². The van der Waals surface area contributed by atoms with Crippen LogP contribution < -0.4 is 10.6 Å². The van der Waals surface area contributed by atoms with E-state index in [0.29, 0.717) is 5.92 Å². The Kier molecular flexibility index (Phi) is 6.58. The van der Waals surface area contributed by atoms with Gasteiger partial charge in [-0.05, 0) is 37.3 Å². The van der Waals surface area contributed by atoms with Gasteiger partial charge in [-0.1, -0.05) is 33.1 Å². The average molecular weight is 333 g/mol. The number of nitrogens with one attached hydrogen (secondary N) is 2. The van der Waals surface area contributed by atoms with E-state index in [0.717, 1.165) is 24.9 Å². The molecule has 24 heavy (non-hydrogen) atoms. The molecule has 0 aromatic heterocycles. The molecule has 132 valence electrons. The molecule has 1 amide bonds. The lowest BCUT2D eigenvalue weighted by Gasteiger charge is -2.27. The van der Waals surface area contributed by atoms with Gasteiger partial charge in [-0.15, -0.1) is 0 Å². The third-order valence-corrected chi connectivity index (χ3v) is 4.39. The Hall–Kier alpha value is -2.11. The monoisotopic (exact) mass is 333 g/mol. The highest BCUT2D eigenvalue weighted by atomic mass is 16.6. The topological polar surface area (TPSA) is 84.3 Å². The Bertz CT molecular complexity index is 551. The number of rotatable bonds is 7. The molecule has 1 fully saturated rings. The third-order valence-electron chi connectivity index (χ3n) is 4.39. The van der Waals surface area contributed by atoms with Crippen molar-refractivity contribution in [1.29, 1.82) is 0 Å². The molecule has 2 N–H and O–H groups in total. The van der Waals surface area contributed by atoms with Crippen LogP contribution >= 0.6 is 0 Å². The number of nitro benzene ring substituents is 1. The molecule has 0 spiro atoms. The average Bonchev–Trinajstić information content (AvgIpc) is 2.55. The van der Waals surface area contributed by atoms with Crippen molar-refractivity contribution in [2.75, 3.05) is 5.32 Å². The summed E-state index contributed by atoms with van der Waals surface area (Å²) >= 11 is 0. The van der Waals surface area contributed by atoms with Gasteiger partial charge in [-0.25, -0.2) is 0 Å². The van der Waals surface area contributed by atoms with Crippen LogP contribution in [-0.4, -0.2) is 22.9 Å². The third kappa shape index (κ3) is 5.51. The first-order valence-corrected chi connectivity index (χ1v) is 8.77. The number of amides is 1. The van der Waals surface area contributed by atoms with Gasteiger partial charge in [0.2, 0.25) is 5.91 Å². The van der Waals surface area contributed by atoms with E-state index in [1.54, 1.807) is 12.1 Å². The van der Waals surface area contributed by atoms with E-state index in [9.17, 15) is 14.9 Å². The number of non-ortho nitro benzene ring substituents is 1. The van der Waals surface area contributed by atoms with Gasteiger partial charge >= 0.3 is 0 Å². The molecule has 0 radical (unpaired) electrons. The van der Waals surface area contributed by atoms with Gasteiger partial charge in [0.1, 0.15) is 6.04 Å². The number of carbonyl (C=O) groups is 1. The van der Waals surface area contributed by atoms with Crippen molar-refractivity contribution in [3.63, 3.8) is 0 Å². The fourth-order valence-electron chi connectivity index (χ4n) is 3.13. The number of hydrogen-bond donors (Lipinski definition) is 2. The van der Waals surface area contributed by atoms with Crippen molar-refractivity contribution in [3.05, 3.63) is 34.4 Å². The van der Waals surface area contributed by atoms with E-state index in [2.05, 4.69) is 24.5 Å². The maximum atomic E-state index is 12.6. The van der Waals surface area contributed by atoms with E-state index in [-0.39, 0.29) is 23.7 Å². The van der Waals surface area contributed by atoms with Crippen molar-refractivity contribution < 1.29 is 9.72 Å². The molecule has 1 unspecified atom stereocenters. The number of nitro groups is 1. The highest BCUT2D eigenvalue weighted by molar-refractivity contribution is 5.85. The fraction of sp³-hybridized carbons (Fsp3) is 0.611. The quantitative estimate of drug-likeness (QED) is 0.586. The first-order chi connectivity index (χ1) is 11.5. The highest BCUT2D eigenvalue weighted by Crippen LogP contribution is 2.20. The summed E-state index contributed by atoms with van der Waals surface area (Å²) in [4.78, 5) is 22.9. The molecule has 0 aliphatic heterocycles. The van der Waals surface area contributed by atoms with Crippen LogP contribution in [0.25, 0.3) is 0 Å². The summed E-state index contributed by atoms with van der Waals surface area (Å²) in [7, 11) is 0. The Labute approximate surface area is 143 Å². The molecule has 6 heteroatoms. The van der Waals surface area contributed by atoms with E-state index in [1.807, 2.05) is 0 Å². The molecule has 1 atom stereocenters. The maximum absolute atomic E-state index is 12.6. The molecule has 1 aliphatic carbocycles. The Balaban J connectivity index is 2.00. The second-order valence-corrected chi connectivity index (χ2v) is 6.97. The minimum atomic E-state index is -0.425. The van der Waals surface area contributed by atoms with Crippen LogP contribution in [-0.2, 0) is 4.79 Å². The minimum Gasteiger partial charge on any atom is -0.374 e. The van der Waals surface area contributed by atoms with Crippen LogP contribution in [0.5, 0.6) is 0 Å². The largest absolute Gasteiger partial charge is 0.374 e. The van der Waals surface area contributed by atoms with Gasteiger partial charge in [0, 0.05) is 23.9 Å². The summed E-state index contributed by atoms with van der Waals surface area (Å²) in [5.74, 6) is 0.395. The summed E-state index contributed by atoms with van der Waals surface area (Å²) in [5.41, 5.74) is 0.776. The number of carbonyl (C=O) groups excluding carboxylic acids is 1. The first-order valence-electron chi connectivity index (χ1n) is 8.77. The molecule has 1 saturated carbocycles. The zero-order valence-corrected chi connectivity index (χ0v) is 14.5. The van der Waals surface area contributed by atoms with Crippen LogP contribution in [0.2, 0.25) is 0 Å². The van der Waals surface area contributed by atoms with E-state index < -0.39 is 4.92 Å². The van der Waals surface area contributed by atoms with E-state index in [4.69, 9.17) is 0 Å². The molecular weight excluding hydrogens is 306 g/mol. The Morgan fingerprint density at radius 1 is 1.21 bits per heavy atom. The summed E-state index contributed by atoms with van der Waals surface area (Å²) in [6.07, 6.45) is 6.43. The number of anilines is 1. The van der Waals surface area contributed by atoms with Crippen LogP contribution in [0.1, 0.15) is 52.4 Å². The SMILES string of the molecule is CC(C)CC(Nc1ccc([N+](=O)[O-])cc1)C(=O)NC1CCCCC1. The normalized spacial score (nSPS) is 16.6. The Morgan fingerprint density at radius 2 is 1.83 bits per heavy atom. The van der Waals surface area contributed by atoms with E-state index in [1.165, 1.54) is 31.4 Å². The molecule has 0 saturated heterocycles. The molecule has 0 heterocycles. The van der Waals surface area contributed by atoms with Crippen molar-refractivity contribution >= 4 is 17.3 Å². The second kappa shape index (κ2) is 8.66. The summed E-state index contributed by atoms with van der Waals surface area (Å²) < 4.78 is 0. The smallest absolute Gasteiger partial charge is 0.269 e. The Morgan fingerprint density at radius 3 is 2.38 bits per heavy atom. The van der Waals surface area contributed by atoms with Crippen LogP contribution in [0, 0.1) is 16.0 Å². The number of hydrogen-bond acceptors (Lipinski definition) is 4. The van der Waals surface area contributed by atoms with Gasteiger partial charge in [0.05, 0.1) is 4.92 Å². The first kappa shape index (κ1) is 18.2. The van der Waals surface area contributed by atoms with Crippen LogP contribution in [0.4, 0.5) is 11.4 Å². The lowest BCUT2D eigenvalue weighted by Crippen LogP contribution is -2.45. The fourth-order valence-corrected chi connectivity index (χ4v) is 3.13. The molecule has 2 rings (SSSR count). The standard InChI is InChI=1S/C18H27N3O3/c1-13(2)12-17(18(22)20-14-6-4-3-5-7-14)19-15-8-10-16(11-9-15)21(23)24/h8-11,13-14,17,19H,3-7,12H2,1-2H3,(H,20,22). The number of benzene rings is 1. The molecule has 1 aromatic carbocycles. The van der Waals surface area contributed by atoms with Crippen LogP contribution in [0.3, 0.4) is 0 Å². The molecule has 6 nitrogen and oxygen atoms in total. The van der Waals surface area contributed by atoms with Crippen molar-refractivity contribution in [2.45, 2.75) is 64.5 Å². The molecule has 1 aliphatic rings. The summed E-state index contributed by atoms with van der Waals surface area (Å²) in [5, 5.41) is 17.1. The van der Waals surface area contributed by atoms with Gasteiger partial charge in [-0.3, -0.25) is 14.9 Å². The lowest BCUT2D eigenvalue weighted by atomic mass is 9.94. The second-order valence-electron chi connectivity index (χ2n) is 6.97.